The van der Waals surface area contributed by atoms with Crippen molar-refractivity contribution in [1.82, 2.24) is 0 Å². The molecule has 0 spiro atoms. The van der Waals surface area contributed by atoms with Gasteiger partial charge in [-0.25, -0.2) is 0 Å². The minimum atomic E-state index is -1.17. The van der Waals surface area contributed by atoms with Crippen LogP contribution in [0, 0.1) is 6.92 Å². The molecule has 0 unspecified atom stereocenters. The summed E-state index contributed by atoms with van der Waals surface area (Å²) < 4.78 is 2.86. The fraction of sp³-hybridized carbons (Fsp3) is 0.538. The van der Waals surface area contributed by atoms with Crippen LogP contribution in [0.25, 0.3) is 0 Å². The molecule has 1 heterocycles. The molecule has 1 nitrogen and oxygen atoms in total. The molecular weight excluding hydrogens is 226 g/mol. The van der Waals surface area contributed by atoms with Crippen LogP contribution in [0.15, 0.2) is 24.3 Å². The van der Waals surface area contributed by atoms with Crippen LogP contribution >= 0.6 is 0 Å². The lowest BCUT2D eigenvalue weighted by atomic mass is 10.2. The normalized spacial score (nSPS) is 22.4. The summed E-state index contributed by atoms with van der Waals surface area (Å²) in [7, 11) is -2.34. The lowest BCUT2D eigenvalue weighted by Gasteiger charge is -2.41. The minimum Gasteiger partial charge on any atom is -0.424 e. The number of benzene rings is 1. The molecule has 0 aliphatic carbocycles. The second-order valence-corrected chi connectivity index (χ2v) is 15.9. The summed E-state index contributed by atoms with van der Waals surface area (Å²) in [4.78, 5) is 0. The summed E-state index contributed by atoms with van der Waals surface area (Å²) >= 11 is 0. The Balaban J connectivity index is 2.41. The highest BCUT2D eigenvalue weighted by molar-refractivity contribution is 7.04. The van der Waals surface area contributed by atoms with E-state index in [2.05, 4.69) is 61.6 Å². The van der Waals surface area contributed by atoms with Gasteiger partial charge in [0.05, 0.1) is 0 Å². The highest BCUT2D eigenvalue weighted by Gasteiger charge is 2.47. The van der Waals surface area contributed by atoms with E-state index in [1.54, 1.807) is 0 Å². The van der Waals surface area contributed by atoms with E-state index in [4.69, 9.17) is 0 Å². The molecule has 1 aliphatic rings. The quantitative estimate of drug-likeness (QED) is 0.673. The Hall–Kier alpha value is -0.546. The van der Waals surface area contributed by atoms with Crippen molar-refractivity contribution in [2.24, 2.45) is 0 Å². The molecule has 88 valence electrons. The monoisotopic (exact) mass is 249 g/mol. The van der Waals surface area contributed by atoms with Gasteiger partial charge < -0.3 is 4.23 Å². The number of aryl methyl sites for hydroxylation is 1. The molecular formula is C13H23NSi2. The molecule has 0 amide bonds. The van der Waals surface area contributed by atoms with Gasteiger partial charge >= 0.3 is 0 Å². The van der Waals surface area contributed by atoms with Crippen LogP contribution in [0.5, 0.6) is 0 Å². The van der Waals surface area contributed by atoms with E-state index in [1.165, 1.54) is 23.3 Å². The highest BCUT2D eigenvalue weighted by Crippen LogP contribution is 2.40. The number of hydrogen-bond donors (Lipinski definition) is 0. The molecule has 16 heavy (non-hydrogen) atoms. The summed E-state index contributed by atoms with van der Waals surface area (Å²) in [5, 5.41) is 0. The zero-order valence-corrected chi connectivity index (χ0v) is 13.2. The van der Waals surface area contributed by atoms with Crippen LogP contribution < -0.4 is 4.23 Å². The first-order valence-electron chi connectivity index (χ1n) is 6.20. The molecule has 0 N–H and O–H groups in total. The average molecular weight is 250 g/mol. The van der Waals surface area contributed by atoms with Gasteiger partial charge in [-0.3, -0.25) is 0 Å². The lowest BCUT2D eigenvalue weighted by molar-refractivity contribution is 1.35. The lowest BCUT2D eigenvalue weighted by Crippen LogP contribution is -2.55. The fourth-order valence-electron chi connectivity index (χ4n) is 3.05. The summed E-state index contributed by atoms with van der Waals surface area (Å²) in [5.41, 5.74) is 2.85. The molecule has 1 aliphatic heterocycles. The summed E-state index contributed by atoms with van der Waals surface area (Å²) in [6.45, 7) is 12.3. The third-order valence-electron chi connectivity index (χ3n) is 3.85. The standard InChI is InChI=1S/C13H23NSi2/c1-12-6-8-13(9-7-12)14-15(2,3)10-11-16(14,4)5/h6-9H,10-11H2,1-5H3. The molecule has 1 saturated heterocycles. The van der Waals surface area contributed by atoms with Crippen LogP contribution in [-0.4, -0.2) is 16.5 Å². The van der Waals surface area contributed by atoms with E-state index in [9.17, 15) is 0 Å². The third-order valence-corrected chi connectivity index (χ3v) is 13.9. The molecule has 0 bridgehead atoms. The van der Waals surface area contributed by atoms with E-state index < -0.39 is 16.5 Å². The third kappa shape index (κ3) is 1.98. The topological polar surface area (TPSA) is 3.24 Å². The van der Waals surface area contributed by atoms with Crippen molar-refractivity contribution in [2.45, 2.75) is 45.2 Å². The Kier molecular flexibility index (Phi) is 2.79. The predicted octanol–water partition coefficient (Wildman–Crippen LogP) is 4.23. The van der Waals surface area contributed by atoms with Gasteiger partial charge in [0.25, 0.3) is 0 Å². The van der Waals surface area contributed by atoms with Gasteiger partial charge in [0.2, 0.25) is 0 Å². The smallest absolute Gasteiger partial charge is 0.141 e. The van der Waals surface area contributed by atoms with Gasteiger partial charge in [-0.15, -0.1) is 0 Å². The number of hydrogen-bond acceptors (Lipinski definition) is 1. The van der Waals surface area contributed by atoms with Crippen molar-refractivity contribution in [3.05, 3.63) is 29.8 Å². The largest absolute Gasteiger partial charge is 0.424 e. The zero-order valence-electron chi connectivity index (χ0n) is 11.2. The second kappa shape index (κ2) is 3.74. The number of rotatable bonds is 1. The summed E-state index contributed by atoms with van der Waals surface area (Å²) in [5.74, 6) is 0. The molecule has 2 rings (SSSR count). The maximum Gasteiger partial charge on any atom is 0.141 e. The Bertz CT molecular complexity index is 365. The van der Waals surface area contributed by atoms with Crippen LogP contribution in [0.1, 0.15) is 5.56 Å². The van der Waals surface area contributed by atoms with Gasteiger partial charge in [0.15, 0.2) is 0 Å². The number of nitrogens with zero attached hydrogens (tertiary/aromatic N) is 1. The van der Waals surface area contributed by atoms with Crippen molar-refractivity contribution in [2.75, 3.05) is 4.23 Å². The molecule has 0 aromatic heterocycles. The van der Waals surface area contributed by atoms with Crippen LogP contribution in [0.2, 0.25) is 38.3 Å². The fourth-order valence-corrected chi connectivity index (χ4v) is 17.3. The average Bonchev–Trinajstić information content (AvgIpc) is 2.39. The first kappa shape index (κ1) is 11.9. The van der Waals surface area contributed by atoms with Gasteiger partial charge in [0.1, 0.15) is 16.5 Å². The van der Waals surface area contributed by atoms with Crippen LogP contribution in [0.4, 0.5) is 5.69 Å². The molecule has 1 aromatic rings. The molecule has 1 fully saturated rings. The first-order chi connectivity index (χ1) is 7.33. The maximum absolute atomic E-state index is 2.86. The Morgan fingerprint density at radius 3 is 1.75 bits per heavy atom. The summed E-state index contributed by atoms with van der Waals surface area (Å²) in [6.07, 6.45) is 0. The second-order valence-electron chi connectivity index (χ2n) is 6.30. The number of anilines is 1. The van der Waals surface area contributed by atoms with Gasteiger partial charge in [-0.05, 0) is 31.1 Å². The van der Waals surface area contributed by atoms with Crippen LogP contribution in [0.3, 0.4) is 0 Å². The molecule has 3 heteroatoms. The van der Waals surface area contributed by atoms with E-state index in [-0.39, 0.29) is 0 Å². The predicted molar refractivity (Wildman–Crippen MR) is 78.2 cm³/mol. The zero-order chi connectivity index (χ0) is 12.0. The minimum absolute atomic E-state index is 1.17. The van der Waals surface area contributed by atoms with Crippen molar-refractivity contribution >= 4 is 22.2 Å². The Morgan fingerprint density at radius 2 is 1.31 bits per heavy atom. The van der Waals surface area contributed by atoms with Crippen molar-refractivity contribution in [3.8, 4) is 0 Å². The van der Waals surface area contributed by atoms with Crippen molar-refractivity contribution in [3.63, 3.8) is 0 Å². The molecule has 0 saturated carbocycles. The van der Waals surface area contributed by atoms with E-state index in [1.807, 2.05) is 0 Å². The Morgan fingerprint density at radius 1 is 0.875 bits per heavy atom. The molecule has 0 atom stereocenters. The molecule has 1 aromatic carbocycles. The highest BCUT2D eigenvalue weighted by atomic mass is 28.4. The first-order valence-corrected chi connectivity index (χ1v) is 12.5. The van der Waals surface area contributed by atoms with Crippen molar-refractivity contribution in [1.29, 1.82) is 0 Å². The van der Waals surface area contributed by atoms with E-state index in [0.717, 1.165) is 0 Å². The summed E-state index contributed by atoms with van der Waals surface area (Å²) in [6, 6.07) is 12.1. The van der Waals surface area contributed by atoms with E-state index in [0.29, 0.717) is 0 Å². The Labute approximate surface area is 102 Å². The van der Waals surface area contributed by atoms with Crippen molar-refractivity contribution < 1.29 is 0 Å². The SMILES string of the molecule is Cc1ccc(N2[Si](C)(C)CC[Si]2(C)C)cc1. The van der Waals surface area contributed by atoms with Crippen LogP contribution in [-0.2, 0) is 0 Å². The maximum atomic E-state index is 2.86. The van der Waals surface area contributed by atoms with Gasteiger partial charge in [0, 0.05) is 5.69 Å². The van der Waals surface area contributed by atoms with E-state index >= 15 is 0 Å². The molecule has 0 radical (unpaired) electrons. The van der Waals surface area contributed by atoms with Gasteiger partial charge in [-0.2, -0.15) is 0 Å². The van der Waals surface area contributed by atoms with Gasteiger partial charge in [-0.1, -0.05) is 43.9 Å².